The minimum Gasteiger partial charge on any atom is -0.263 e. The van der Waals surface area contributed by atoms with E-state index in [0.29, 0.717) is 15.2 Å². The van der Waals surface area contributed by atoms with Gasteiger partial charge in [-0.2, -0.15) is 5.10 Å². The Morgan fingerprint density at radius 3 is 1.90 bits per heavy atom. The third-order valence-electron chi connectivity index (χ3n) is 4.03. The van der Waals surface area contributed by atoms with Crippen LogP contribution < -0.4 is 4.72 Å². The molecule has 5 nitrogen and oxygen atoms in total. The van der Waals surface area contributed by atoms with Crippen molar-refractivity contribution >= 4 is 31.8 Å². The van der Waals surface area contributed by atoms with E-state index in [2.05, 4.69) is 30.8 Å². The molecule has 0 aliphatic rings. The summed E-state index contributed by atoms with van der Waals surface area (Å²) in [6, 6.07) is 0. The maximum atomic E-state index is 12.7. The summed E-state index contributed by atoms with van der Waals surface area (Å²) >= 11 is 3.25. The quantitative estimate of drug-likeness (QED) is 0.866. The highest BCUT2D eigenvalue weighted by Crippen LogP contribution is 2.31. The molecule has 0 atom stereocenters. The number of halogens is 1. The molecule has 0 bridgehead atoms. The lowest BCUT2D eigenvalue weighted by Gasteiger charge is -2.19. The number of hydrogen-bond acceptors (Lipinski definition) is 3. The Morgan fingerprint density at radius 2 is 1.48 bits per heavy atom. The molecule has 0 amide bonds. The van der Waals surface area contributed by atoms with Gasteiger partial charge in [-0.25, -0.2) is 8.42 Å². The molecule has 2 aromatic rings. The Balaban J connectivity index is 2.64. The summed E-state index contributed by atoms with van der Waals surface area (Å²) in [5, 5.41) is 6.42. The molecular weight excluding hydrogens is 354 g/mol. The van der Waals surface area contributed by atoms with Gasteiger partial charge in [-0.1, -0.05) is 0 Å². The second-order valence-corrected chi connectivity index (χ2v) is 7.63. The third kappa shape index (κ3) is 2.72. The summed E-state index contributed by atoms with van der Waals surface area (Å²) < 4.78 is 28.6. The van der Waals surface area contributed by atoms with Gasteiger partial charge in [-0.3, -0.25) is 9.82 Å². The predicted molar refractivity (Wildman–Crippen MR) is 87.2 cm³/mol. The van der Waals surface area contributed by atoms with Crippen molar-refractivity contribution in [2.24, 2.45) is 0 Å². The maximum Gasteiger partial charge on any atom is 0.263 e. The number of rotatable bonds is 3. The number of anilines is 1. The number of benzene rings is 1. The normalized spacial score (nSPS) is 11.7. The van der Waals surface area contributed by atoms with Gasteiger partial charge in [0, 0.05) is 0 Å². The molecule has 7 heteroatoms. The summed E-state index contributed by atoms with van der Waals surface area (Å²) in [7, 11) is -3.68. The molecular formula is C14H18BrN3O2S. The molecule has 1 aromatic carbocycles. The van der Waals surface area contributed by atoms with E-state index in [4.69, 9.17) is 0 Å². The van der Waals surface area contributed by atoms with E-state index in [1.54, 1.807) is 0 Å². The van der Waals surface area contributed by atoms with Crippen LogP contribution >= 0.6 is 15.9 Å². The van der Waals surface area contributed by atoms with Gasteiger partial charge in [-0.05, 0) is 78.4 Å². The zero-order valence-electron chi connectivity index (χ0n) is 12.6. The lowest BCUT2D eigenvalue weighted by atomic mass is 9.95. The smallest absolute Gasteiger partial charge is 0.263 e. The minimum absolute atomic E-state index is 0.324. The molecule has 0 saturated heterocycles. The van der Waals surface area contributed by atoms with Gasteiger partial charge in [0.15, 0.2) is 0 Å². The van der Waals surface area contributed by atoms with Crippen LogP contribution in [0.1, 0.15) is 27.8 Å². The molecule has 0 spiro atoms. The van der Waals surface area contributed by atoms with Crippen molar-refractivity contribution < 1.29 is 8.42 Å². The molecule has 0 aliphatic carbocycles. The first-order valence-corrected chi connectivity index (χ1v) is 8.73. The minimum atomic E-state index is -3.68. The van der Waals surface area contributed by atoms with Gasteiger partial charge < -0.3 is 0 Å². The van der Waals surface area contributed by atoms with E-state index in [9.17, 15) is 8.42 Å². The van der Waals surface area contributed by atoms with Crippen molar-refractivity contribution in [3.05, 3.63) is 38.5 Å². The molecule has 2 rings (SSSR count). The van der Waals surface area contributed by atoms with Crippen molar-refractivity contribution in [1.82, 2.24) is 10.2 Å². The van der Waals surface area contributed by atoms with E-state index in [1.165, 1.54) is 6.20 Å². The predicted octanol–water partition coefficient (Wildman–Crippen LogP) is 3.52. The first kappa shape index (κ1) is 16.0. The summed E-state index contributed by atoms with van der Waals surface area (Å²) in [5.41, 5.74) is 4.69. The Bertz CT molecular complexity index is 781. The molecule has 114 valence electrons. The summed E-state index contributed by atoms with van der Waals surface area (Å²) in [6.07, 6.45) is 1.50. The van der Waals surface area contributed by atoms with Crippen LogP contribution in [0.2, 0.25) is 0 Å². The van der Waals surface area contributed by atoms with Crippen molar-refractivity contribution in [3.8, 4) is 0 Å². The number of hydrogen-bond donors (Lipinski definition) is 2. The summed E-state index contributed by atoms with van der Waals surface area (Å²) in [6.45, 7) is 9.58. The van der Waals surface area contributed by atoms with Gasteiger partial charge in [0.2, 0.25) is 0 Å². The van der Waals surface area contributed by atoms with Crippen LogP contribution in [0.3, 0.4) is 0 Å². The monoisotopic (exact) mass is 371 g/mol. The molecule has 2 N–H and O–H groups in total. The Hall–Kier alpha value is -1.34. The Labute approximate surface area is 133 Å². The third-order valence-corrected chi connectivity index (χ3v) is 6.25. The van der Waals surface area contributed by atoms with Crippen molar-refractivity contribution in [2.45, 2.75) is 39.5 Å². The van der Waals surface area contributed by atoms with Gasteiger partial charge in [-0.15, -0.1) is 0 Å². The van der Waals surface area contributed by atoms with Gasteiger partial charge in [0.1, 0.15) is 5.82 Å². The highest BCUT2D eigenvalue weighted by atomic mass is 79.9. The average molecular weight is 372 g/mol. The molecule has 21 heavy (non-hydrogen) atoms. The van der Waals surface area contributed by atoms with Gasteiger partial charge in [0.05, 0.1) is 15.6 Å². The zero-order valence-corrected chi connectivity index (χ0v) is 15.0. The second-order valence-electron chi connectivity index (χ2n) is 5.15. The molecule has 0 radical (unpaired) electrons. The summed E-state index contributed by atoms with van der Waals surface area (Å²) in [5.74, 6) is 0.324. The topological polar surface area (TPSA) is 74.8 Å². The van der Waals surface area contributed by atoms with Gasteiger partial charge >= 0.3 is 0 Å². The number of nitrogens with zero attached hydrogens (tertiary/aromatic N) is 1. The first-order valence-electron chi connectivity index (χ1n) is 6.45. The SMILES string of the molecule is Cc1c(C)c(C)c(S(=O)(=O)Nc2[nH]ncc2Br)c(C)c1C. The van der Waals surface area contributed by atoms with Crippen LogP contribution in [0.5, 0.6) is 0 Å². The first-order chi connectivity index (χ1) is 9.66. The van der Waals surface area contributed by atoms with E-state index in [-0.39, 0.29) is 0 Å². The molecule has 0 unspecified atom stereocenters. The largest absolute Gasteiger partial charge is 0.263 e. The average Bonchev–Trinajstić information content (AvgIpc) is 2.79. The van der Waals surface area contributed by atoms with E-state index in [0.717, 1.165) is 27.8 Å². The standard InChI is InChI=1S/C14H18BrN3O2S/c1-7-8(2)10(4)13(11(5)9(7)3)21(19,20)18-14-12(15)6-16-17-14/h6H,1-5H3,(H2,16,17,18). The van der Waals surface area contributed by atoms with Crippen molar-refractivity contribution in [1.29, 1.82) is 0 Å². The molecule has 1 heterocycles. The van der Waals surface area contributed by atoms with Crippen LogP contribution in [0.4, 0.5) is 5.82 Å². The lowest BCUT2D eigenvalue weighted by molar-refractivity contribution is 0.599. The second kappa shape index (κ2) is 5.46. The highest BCUT2D eigenvalue weighted by molar-refractivity contribution is 9.10. The van der Waals surface area contributed by atoms with Gasteiger partial charge in [0.25, 0.3) is 10.0 Å². The number of aromatic nitrogens is 2. The fraction of sp³-hybridized carbons (Fsp3) is 0.357. The molecule has 1 aromatic heterocycles. The number of sulfonamides is 1. The number of aromatic amines is 1. The highest BCUT2D eigenvalue weighted by Gasteiger charge is 2.24. The maximum absolute atomic E-state index is 12.7. The summed E-state index contributed by atoms with van der Waals surface area (Å²) in [4.78, 5) is 0.338. The number of H-pyrrole nitrogens is 1. The van der Waals surface area contributed by atoms with E-state index in [1.807, 2.05) is 34.6 Å². The Morgan fingerprint density at radius 1 is 1.00 bits per heavy atom. The van der Waals surface area contributed by atoms with Crippen LogP contribution in [0, 0.1) is 34.6 Å². The zero-order chi connectivity index (χ0) is 15.9. The molecule has 0 saturated carbocycles. The lowest BCUT2D eigenvalue weighted by Crippen LogP contribution is -2.18. The van der Waals surface area contributed by atoms with Crippen LogP contribution in [0.25, 0.3) is 0 Å². The molecule has 0 fully saturated rings. The number of nitrogens with one attached hydrogen (secondary N) is 2. The molecule has 0 aliphatic heterocycles. The van der Waals surface area contributed by atoms with Crippen LogP contribution in [0.15, 0.2) is 15.6 Å². The Kier molecular flexibility index (Phi) is 4.17. The van der Waals surface area contributed by atoms with Crippen molar-refractivity contribution in [3.63, 3.8) is 0 Å². The van der Waals surface area contributed by atoms with Crippen LogP contribution in [-0.4, -0.2) is 18.6 Å². The van der Waals surface area contributed by atoms with E-state index < -0.39 is 10.0 Å². The fourth-order valence-corrected chi connectivity index (χ4v) is 4.46. The van der Waals surface area contributed by atoms with E-state index >= 15 is 0 Å². The fourth-order valence-electron chi connectivity index (χ4n) is 2.40. The van der Waals surface area contributed by atoms with Crippen molar-refractivity contribution in [2.75, 3.05) is 4.72 Å². The van der Waals surface area contributed by atoms with Crippen LogP contribution in [-0.2, 0) is 10.0 Å².